The highest BCUT2D eigenvalue weighted by Gasteiger charge is 2.26. The van der Waals surface area contributed by atoms with Gasteiger partial charge in [-0.15, -0.1) is 10.2 Å². The maximum absolute atomic E-state index is 12.5. The Morgan fingerprint density at radius 2 is 1.77 bits per heavy atom. The zero-order chi connectivity index (χ0) is 21.7. The van der Waals surface area contributed by atoms with Crippen LogP contribution in [0.2, 0.25) is 0 Å². The molecule has 156 valence electrons. The van der Waals surface area contributed by atoms with Crippen molar-refractivity contribution in [1.82, 2.24) is 10.2 Å². The van der Waals surface area contributed by atoms with Crippen molar-refractivity contribution >= 4 is 45.8 Å². The number of hydrogen-bond acceptors (Lipinski definition) is 8. The predicted octanol–water partition coefficient (Wildman–Crippen LogP) is 4.15. The highest BCUT2D eigenvalue weighted by atomic mass is 32.2. The van der Waals surface area contributed by atoms with Crippen LogP contribution in [-0.4, -0.2) is 27.3 Å². The fourth-order valence-electron chi connectivity index (χ4n) is 2.81. The molecule has 2 aromatic carbocycles. The van der Waals surface area contributed by atoms with Crippen LogP contribution in [0, 0.1) is 13.8 Å². The molecule has 0 radical (unpaired) electrons. The number of nitrogens with two attached hydrogens (primary N) is 1. The summed E-state index contributed by atoms with van der Waals surface area (Å²) in [5.41, 5.74) is 9.18. The second-order valence-electron chi connectivity index (χ2n) is 6.76. The zero-order valence-electron chi connectivity index (χ0n) is 16.8. The molecule has 0 saturated carbocycles. The van der Waals surface area contributed by atoms with Crippen molar-refractivity contribution in [3.63, 3.8) is 0 Å². The third-order valence-electron chi connectivity index (χ3n) is 4.08. The molecule has 30 heavy (non-hydrogen) atoms. The first-order chi connectivity index (χ1) is 14.3. The second kappa shape index (κ2) is 9.73. The number of anilines is 2. The van der Waals surface area contributed by atoms with Crippen molar-refractivity contribution in [3.05, 3.63) is 65.2 Å². The molecule has 0 fully saturated rings. The average Bonchev–Trinajstić information content (AvgIpc) is 3.12. The number of nitrogens with one attached hydrogen (secondary N) is 1. The molecule has 0 bridgehead atoms. The van der Waals surface area contributed by atoms with Crippen LogP contribution in [0.25, 0.3) is 0 Å². The standard InChI is InChI=1S/C21H22N4O3S2/c1-12-9-13(2)11-16(10-12)23-20-24-25-21(30-20)29-14(3)19(27)28-17(18(22)26)15-7-5-4-6-8-15/h4-11,14,17H,1-3H3,(H2,22,26)(H,23,24). The van der Waals surface area contributed by atoms with E-state index in [9.17, 15) is 9.59 Å². The summed E-state index contributed by atoms with van der Waals surface area (Å²) in [7, 11) is 0. The van der Waals surface area contributed by atoms with Crippen LogP contribution < -0.4 is 11.1 Å². The highest BCUT2D eigenvalue weighted by molar-refractivity contribution is 8.02. The number of thioether (sulfide) groups is 1. The van der Waals surface area contributed by atoms with Gasteiger partial charge in [-0.3, -0.25) is 9.59 Å². The van der Waals surface area contributed by atoms with Crippen molar-refractivity contribution in [2.75, 3.05) is 5.32 Å². The summed E-state index contributed by atoms with van der Waals surface area (Å²) < 4.78 is 5.98. The first-order valence-electron chi connectivity index (χ1n) is 9.22. The molecule has 3 N–H and O–H groups in total. The number of aryl methyl sites for hydroxylation is 2. The van der Waals surface area contributed by atoms with Crippen LogP contribution in [0.15, 0.2) is 52.9 Å². The maximum Gasteiger partial charge on any atom is 0.320 e. The summed E-state index contributed by atoms with van der Waals surface area (Å²) in [6.07, 6.45) is -1.13. The van der Waals surface area contributed by atoms with E-state index in [1.54, 1.807) is 37.3 Å². The van der Waals surface area contributed by atoms with Crippen LogP contribution in [0.3, 0.4) is 0 Å². The number of benzene rings is 2. The van der Waals surface area contributed by atoms with E-state index in [1.807, 2.05) is 26.0 Å². The number of primary amides is 1. The highest BCUT2D eigenvalue weighted by Crippen LogP contribution is 2.32. The average molecular weight is 443 g/mol. The second-order valence-corrected chi connectivity index (χ2v) is 9.33. The molecule has 7 nitrogen and oxygen atoms in total. The van der Waals surface area contributed by atoms with E-state index in [0.717, 1.165) is 16.8 Å². The number of nitrogens with zero attached hydrogens (tertiary/aromatic N) is 2. The first kappa shape index (κ1) is 21.8. The van der Waals surface area contributed by atoms with Gasteiger partial charge >= 0.3 is 5.97 Å². The topological polar surface area (TPSA) is 107 Å². The van der Waals surface area contributed by atoms with E-state index in [4.69, 9.17) is 10.5 Å². The third-order valence-corrected chi connectivity index (χ3v) is 6.08. The van der Waals surface area contributed by atoms with Gasteiger partial charge in [0, 0.05) is 11.3 Å². The lowest BCUT2D eigenvalue weighted by molar-refractivity contribution is -0.154. The Labute approximate surface area is 183 Å². The smallest absolute Gasteiger partial charge is 0.320 e. The molecule has 1 aromatic heterocycles. The Bertz CT molecular complexity index is 1020. The lowest BCUT2D eigenvalue weighted by Gasteiger charge is -2.17. The molecule has 2 atom stereocenters. The van der Waals surface area contributed by atoms with E-state index in [1.165, 1.54) is 23.1 Å². The van der Waals surface area contributed by atoms with Gasteiger partial charge < -0.3 is 15.8 Å². The lowest BCUT2D eigenvalue weighted by Crippen LogP contribution is -2.29. The monoisotopic (exact) mass is 442 g/mol. The van der Waals surface area contributed by atoms with E-state index in [2.05, 4.69) is 21.6 Å². The molecular weight excluding hydrogens is 420 g/mol. The van der Waals surface area contributed by atoms with Gasteiger partial charge in [0.25, 0.3) is 5.91 Å². The predicted molar refractivity (Wildman–Crippen MR) is 119 cm³/mol. The Hall–Kier alpha value is -2.91. The molecule has 0 aliphatic heterocycles. The fourth-order valence-corrected chi connectivity index (χ4v) is 4.71. The summed E-state index contributed by atoms with van der Waals surface area (Å²) in [6, 6.07) is 14.8. The van der Waals surface area contributed by atoms with Gasteiger partial charge in [-0.2, -0.15) is 0 Å². The summed E-state index contributed by atoms with van der Waals surface area (Å²) >= 11 is 2.55. The maximum atomic E-state index is 12.5. The van der Waals surface area contributed by atoms with Gasteiger partial charge in [0.15, 0.2) is 4.34 Å². The molecule has 0 spiro atoms. The minimum atomic E-state index is -1.13. The van der Waals surface area contributed by atoms with Crippen molar-refractivity contribution < 1.29 is 14.3 Å². The molecular formula is C21H22N4O3S2. The number of amides is 1. The summed E-state index contributed by atoms with van der Waals surface area (Å²) in [5, 5.41) is 11.5. The Balaban J connectivity index is 1.62. The van der Waals surface area contributed by atoms with Gasteiger partial charge in [0.05, 0.1) is 0 Å². The largest absolute Gasteiger partial charge is 0.446 e. The molecule has 0 aliphatic rings. The molecule has 0 aliphatic carbocycles. The number of rotatable bonds is 8. The number of hydrogen-bond donors (Lipinski definition) is 2. The first-order valence-corrected chi connectivity index (χ1v) is 10.9. The number of ether oxygens (including phenoxy) is 1. The van der Waals surface area contributed by atoms with Crippen LogP contribution in [0.5, 0.6) is 0 Å². The van der Waals surface area contributed by atoms with Crippen molar-refractivity contribution in [2.24, 2.45) is 5.73 Å². The normalized spacial score (nSPS) is 12.8. The summed E-state index contributed by atoms with van der Waals surface area (Å²) in [6.45, 7) is 5.75. The van der Waals surface area contributed by atoms with Crippen molar-refractivity contribution in [3.8, 4) is 0 Å². The van der Waals surface area contributed by atoms with Gasteiger partial charge in [0.2, 0.25) is 11.2 Å². The number of carbonyl (C=O) groups is 2. The van der Waals surface area contributed by atoms with Crippen LogP contribution >= 0.6 is 23.1 Å². The number of aromatic nitrogens is 2. The van der Waals surface area contributed by atoms with Crippen molar-refractivity contribution in [1.29, 1.82) is 0 Å². The van der Waals surface area contributed by atoms with Crippen LogP contribution in [0.1, 0.15) is 29.7 Å². The summed E-state index contributed by atoms with van der Waals surface area (Å²) in [5.74, 6) is -1.27. The van der Waals surface area contributed by atoms with E-state index >= 15 is 0 Å². The number of esters is 1. The van der Waals surface area contributed by atoms with Crippen LogP contribution in [-0.2, 0) is 14.3 Å². The van der Waals surface area contributed by atoms with E-state index in [0.29, 0.717) is 15.0 Å². The Morgan fingerprint density at radius 1 is 1.10 bits per heavy atom. The molecule has 2 unspecified atom stereocenters. The molecule has 1 heterocycles. The Morgan fingerprint density at radius 3 is 2.40 bits per heavy atom. The molecule has 0 saturated heterocycles. The van der Waals surface area contributed by atoms with Gasteiger partial charge in [-0.1, -0.05) is 59.5 Å². The van der Waals surface area contributed by atoms with Gasteiger partial charge in [-0.05, 0) is 44.0 Å². The fraction of sp³-hybridized carbons (Fsp3) is 0.238. The van der Waals surface area contributed by atoms with Crippen molar-refractivity contribution in [2.45, 2.75) is 36.5 Å². The van der Waals surface area contributed by atoms with E-state index < -0.39 is 23.2 Å². The minimum Gasteiger partial charge on any atom is -0.446 e. The molecule has 3 rings (SSSR count). The molecule has 9 heteroatoms. The van der Waals surface area contributed by atoms with E-state index in [-0.39, 0.29) is 0 Å². The van der Waals surface area contributed by atoms with Crippen LogP contribution in [0.4, 0.5) is 10.8 Å². The lowest BCUT2D eigenvalue weighted by atomic mass is 10.1. The molecule has 1 amide bonds. The molecule has 3 aromatic rings. The summed E-state index contributed by atoms with van der Waals surface area (Å²) in [4.78, 5) is 24.2. The van der Waals surface area contributed by atoms with Gasteiger partial charge in [0.1, 0.15) is 5.25 Å². The quantitative estimate of drug-likeness (QED) is 0.399. The number of carbonyl (C=O) groups excluding carboxylic acids is 2. The Kier molecular flexibility index (Phi) is 7.07. The third kappa shape index (κ3) is 5.80. The zero-order valence-corrected chi connectivity index (χ0v) is 18.4. The minimum absolute atomic E-state index is 0.534. The SMILES string of the molecule is Cc1cc(C)cc(Nc2nnc(SC(C)C(=O)OC(C(N)=O)c3ccccc3)s2)c1. The van der Waals surface area contributed by atoms with Gasteiger partial charge in [-0.25, -0.2) is 0 Å².